The fourth-order valence-corrected chi connectivity index (χ4v) is 4.17. The smallest absolute Gasteiger partial charge is 0.307 e. The fourth-order valence-electron chi connectivity index (χ4n) is 3.24. The predicted octanol–water partition coefficient (Wildman–Crippen LogP) is 3.96. The van der Waals surface area contributed by atoms with Crippen molar-refractivity contribution >= 4 is 17.3 Å². The van der Waals surface area contributed by atoms with Crippen LogP contribution in [0.15, 0.2) is 41.8 Å². The van der Waals surface area contributed by atoms with Gasteiger partial charge in [-0.15, -0.1) is 11.3 Å². The zero-order chi connectivity index (χ0) is 15.5. The van der Waals surface area contributed by atoms with Crippen molar-refractivity contribution in [1.82, 2.24) is 4.90 Å². The maximum atomic E-state index is 11.3. The number of carboxylic acid groups (broad SMARTS) is 1. The van der Waals surface area contributed by atoms with E-state index in [2.05, 4.69) is 47.5 Å². The molecular formula is C18H21NO2S. The number of hydrogen-bond donors (Lipinski definition) is 1. The van der Waals surface area contributed by atoms with E-state index in [1.54, 1.807) is 11.3 Å². The average molecular weight is 315 g/mol. The molecule has 1 aromatic heterocycles. The van der Waals surface area contributed by atoms with E-state index < -0.39 is 5.97 Å². The summed E-state index contributed by atoms with van der Waals surface area (Å²) < 4.78 is 0. The molecule has 1 aromatic carbocycles. The molecule has 1 saturated heterocycles. The number of aliphatic carboxylic acids is 1. The summed E-state index contributed by atoms with van der Waals surface area (Å²) in [6.45, 7) is 4.65. The van der Waals surface area contributed by atoms with Crippen molar-refractivity contribution in [3.8, 4) is 11.1 Å². The number of carboxylic acids is 1. The molecule has 1 aliphatic rings. The van der Waals surface area contributed by atoms with Crippen molar-refractivity contribution in [3.05, 3.63) is 46.7 Å². The van der Waals surface area contributed by atoms with Gasteiger partial charge in [0.25, 0.3) is 0 Å². The van der Waals surface area contributed by atoms with E-state index in [-0.39, 0.29) is 5.92 Å². The quantitative estimate of drug-likeness (QED) is 0.928. The third-order valence-electron chi connectivity index (χ3n) is 4.22. The Kier molecular flexibility index (Phi) is 4.60. The molecule has 3 nitrogen and oxygen atoms in total. The zero-order valence-corrected chi connectivity index (χ0v) is 13.6. The van der Waals surface area contributed by atoms with E-state index in [0.717, 1.165) is 19.5 Å². The second kappa shape index (κ2) is 6.63. The van der Waals surface area contributed by atoms with Crippen LogP contribution in [0.3, 0.4) is 0 Å². The highest BCUT2D eigenvalue weighted by Gasteiger charge is 2.29. The lowest BCUT2D eigenvalue weighted by atomic mass is 9.90. The zero-order valence-electron chi connectivity index (χ0n) is 12.7. The van der Waals surface area contributed by atoms with Crippen molar-refractivity contribution in [1.29, 1.82) is 0 Å². The van der Waals surface area contributed by atoms with Crippen LogP contribution < -0.4 is 0 Å². The van der Waals surface area contributed by atoms with Gasteiger partial charge in [-0.05, 0) is 34.9 Å². The van der Waals surface area contributed by atoms with Crippen LogP contribution in [-0.2, 0) is 11.3 Å². The summed E-state index contributed by atoms with van der Waals surface area (Å²) in [5, 5.41) is 11.5. The van der Waals surface area contributed by atoms with Gasteiger partial charge in [0, 0.05) is 24.5 Å². The minimum absolute atomic E-state index is 0.225. The first kappa shape index (κ1) is 15.3. The number of piperidine rings is 1. The third-order valence-corrected chi connectivity index (χ3v) is 5.15. The van der Waals surface area contributed by atoms with Gasteiger partial charge in [0.1, 0.15) is 0 Å². The number of hydrogen-bond acceptors (Lipinski definition) is 3. The maximum Gasteiger partial charge on any atom is 0.307 e. The van der Waals surface area contributed by atoms with Crippen LogP contribution in [0.1, 0.15) is 18.2 Å². The number of rotatable bonds is 4. The van der Waals surface area contributed by atoms with Crippen molar-refractivity contribution in [2.24, 2.45) is 11.8 Å². The Morgan fingerprint density at radius 1 is 1.27 bits per heavy atom. The van der Waals surface area contributed by atoms with Gasteiger partial charge < -0.3 is 5.11 Å². The lowest BCUT2D eigenvalue weighted by Crippen LogP contribution is -2.41. The van der Waals surface area contributed by atoms with Gasteiger partial charge in [-0.1, -0.05) is 37.3 Å². The van der Waals surface area contributed by atoms with E-state index in [1.807, 2.05) is 6.07 Å². The van der Waals surface area contributed by atoms with E-state index in [4.69, 9.17) is 0 Å². The highest BCUT2D eigenvalue weighted by atomic mass is 32.1. The number of likely N-dealkylation sites (tertiary alicyclic amines) is 1. The van der Waals surface area contributed by atoms with Gasteiger partial charge in [0.15, 0.2) is 0 Å². The summed E-state index contributed by atoms with van der Waals surface area (Å²) in [6.07, 6.45) is 0.797. The molecule has 3 rings (SSSR count). The highest BCUT2D eigenvalue weighted by Crippen LogP contribution is 2.28. The molecule has 1 aliphatic heterocycles. The van der Waals surface area contributed by atoms with Crippen LogP contribution in [0.2, 0.25) is 0 Å². The average Bonchev–Trinajstić information content (AvgIpc) is 2.96. The summed E-state index contributed by atoms with van der Waals surface area (Å²) in [6, 6.07) is 12.6. The monoisotopic (exact) mass is 315 g/mol. The first-order valence-corrected chi connectivity index (χ1v) is 8.58. The summed E-state index contributed by atoms with van der Waals surface area (Å²) in [5.41, 5.74) is 2.49. The lowest BCUT2D eigenvalue weighted by molar-refractivity contribution is -0.144. The topological polar surface area (TPSA) is 40.5 Å². The molecule has 2 unspecified atom stereocenters. The molecule has 0 spiro atoms. The Morgan fingerprint density at radius 2 is 2.05 bits per heavy atom. The van der Waals surface area contributed by atoms with Crippen molar-refractivity contribution in [3.63, 3.8) is 0 Å². The molecule has 2 atom stereocenters. The summed E-state index contributed by atoms with van der Waals surface area (Å²) >= 11 is 1.76. The highest BCUT2D eigenvalue weighted by molar-refractivity contribution is 7.10. The Bertz CT molecular complexity index is 638. The van der Waals surface area contributed by atoms with Gasteiger partial charge in [-0.25, -0.2) is 0 Å². The maximum absolute atomic E-state index is 11.3. The van der Waals surface area contributed by atoms with Crippen molar-refractivity contribution in [2.75, 3.05) is 13.1 Å². The van der Waals surface area contributed by atoms with Crippen LogP contribution in [-0.4, -0.2) is 29.1 Å². The Balaban J connectivity index is 1.68. The fraction of sp³-hybridized carbons (Fsp3) is 0.389. The second-order valence-corrected chi connectivity index (χ2v) is 7.23. The standard InChI is InChI=1S/C18H21NO2S/c1-13-7-15(18(20)21)10-19(9-13)11-17-8-16(12-22-17)14-5-3-2-4-6-14/h2-6,8,12-13,15H,7,9-11H2,1H3,(H,20,21). The Hall–Kier alpha value is -1.65. The molecule has 2 heterocycles. The summed E-state index contributed by atoms with van der Waals surface area (Å²) in [4.78, 5) is 14.9. The normalized spacial score (nSPS) is 22.6. The van der Waals surface area contributed by atoms with Crippen LogP contribution >= 0.6 is 11.3 Å². The number of nitrogens with zero attached hydrogens (tertiary/aromatic N) is 1. The molecule has 22 heavy (non-hydrogen) atoms. The number of carbonyl (C=O) groups is 1. The van der Waals surface area contributed by atoms with Gasteiger partial charge in [-0.2, -0.15) is 0 Å². The minimum atomic E-state index is -0.660. The van der Waals surface area contributed by atoms with Crippen molar-refractivity contribution in [2.45, 2.75) is 19.9 Å². The molecule has 1 fully saturated rings. The molecule has 0 aliphatic carbocycles. The number of thiophene rings is 1. The molecule has 0 radical (unpaired) electrons. The molecule has 116 valence electrons. The van der Waals surface area contributed by atoms with Crippen LogP contribution in [0, 0.1) is 11.8 Å². The molecule has 0 amide bonds. The number of benzene rings is 1. The van der Waals surface area contributed by atoms with Gasteiger partial charge in [0.2, 0.25) is 0 Å². The molecule has 1 N–H and O–H groups in total. The molecule has 2 aromatic rings. The van der Waals surface area contributed by atoms with E-state index in [1.165, 1.54) is 16.0 Å². The van der Waals surface area contributed by atoms with Crippen molar-refractivity contribution < 1.29 is 9.90 Å². The Labute approximate surface area is 135 Å². The SMILES string of the molecule is CC1CC(C(=O)O)CN(Cc2cc(-c3ccccc3)cs2)C1. The van der Waals surface area contributed by atoms with Crippen LogP contribution in [0.25, 0.3) is 11.1 Å². The molecule has 4 heteroatoms. The largest absolute Gasteiger partial charge is 0.481 e. The molecule has 0 saturated carbocycles. The first-order chi connectivity index (χ1) is 10.6. The van der Waals surface area contributed by atoms with Gasteiger partial charge in [0.05, 0.1) is 5.92 Å². The minimum Gasteiger partial charge on any atom is -0.481 e. The molecule has 0 bridgehead atoms. The first-order valence-electron chi connectivity index (χ1n) is 7.70. The molecular weight excluding hydrogens is 294 g/mol. The third kappa shape index (κ3) is 3.57. The van der Waals surface area contributed by atoms with E-state index in [9.17, 15) is 9.90 Å². The van der Waals surface area contributed by atoms with Gasteiger partial charge in [-0.3, -0.25) is 9.69 Å². The summed E-state index contributed by atoms with van der Waals surface area (Å²) in [7, 11) is 0. The van der Waals surface area contributed by atoms with Crippen LogP contribution in [0.5, 0.6) is 0 Å². The van der Waals surface area contributed by atoms with E-state index in [0.29, 0.717) is 12.5 Å². The van der Waals surface area contributed by atoms with Crippen LogP contribution in [0.4, 0.5) is 0 Å². The lowest BCUT2D eigenvalue weighted by Gasteiger charge is -2.34. The second-order valence-electron chi connectivity index (χ2n) is 6.24. The Morgan fingerprint density at radius 3 is 2.77 bits per heavy atom. The van der Waals surface area contributed by atoms with E-state index >= 15 is 0 Å². The van der Waals surface area contributed by atoms with Gasteiger partial charge >= 0.3 is 5.97 Å². The summed E-state index contributed by atoms with van der Waals surface area (Å²) in [5.74, 6) is -0.437. The predicted molar refractivity (Wildman–Crippen MR) is 89.9 cm³/mol.